The summed E-state index contributed by atoms with van der Waals surface area (Å²) in [6.07, 6.45) is 7.20. The molecule has 7 nitrogen and oxygen atoms in total. The summed E-state index contributed by atoms with van der Waals surface area (Å²) in [4.78, 5) is 21.8. The van der Waals surface area contributed by atoms with Crippen LogP contribution >= 0.6 is 7.29 Å². The molecule has 0 aliphatic rings. The van der Waals surface area contributed by atoms with Crippen LogP contribution in [0, 0.1) is 5.92 Å². The fraction of sp³-hybridized carbons (Fsp3) is 0.196. The predicted molar refractivity (Wildman–Crippen MR) is 226 cm³/mol. The lowest BCUT2D eigenvalue weighted by Gasteiger charge is -2.43. The Labute approximate surface area is 326 Å². The Balaban J connectivity index is 1.50. The summed E-state index contributed by atoms with van der Waals surface area (Å²) in [7, 11) is -4.98. The Morgan fingerprint density at radius 3 is 1.73 bits per heavy atom. The summed E-state index contributed by atoms with van der Waals surface area (Å²) in [5.74, 6) is -0.556. The van der Waals surface area contributed by atoms with Crippen molar-refractivity contribution < 1.29 is 18.5 Å². The highest BCUT2D eigenvalue weighted by atomic mass is 31.2. The summed E-state index contributed by atoms with van der Waals surface area (Å²) in [6.45, 7) is 9.37. The molecule has 1 unspecified atom stereocenters. The van der Waals surface area contributed by atoms with E-state index in [1.54, 1.807) is 30.7 Å². The Hall–Kier alpha value is -5.24. The summed E-state index contributed by atoms with van der Waals surface area (Å²) >= 11 is 0. The molecular formula is C46H48N3O4PSi. The second-order valence-corrected chi connectivity index (χ2v) is 21.4. The normalized spacial score (nSPS) is 13.5. The third-order valence-corrected chi connectivity index (χ3v) is 17.5. The molecule has 1 heterocycles. The molecule has 0 saturated carbocycles. The molecule has 0 spiro atoms. The van der Waals surface area contributed by atoms with Gasteiger partial charge in [-0.2, -0.15) is 0 Å². The molecule has 6 aromatic rings. The minimum atomic E-state index is -3.50. The number of nitrogens with zero attached hydrogens (tertiary/aromatic N) is 2. The van der Waals surface area contributed by atoms with Crippen molar-refractivity contribution >= 4 is 48.1 Å². The van der Waals surface area contributed by atoms with Gasteiger partial charge in [0.05, 0.1) is 30.6 Å². The average molecular weight is 766 g/mol. The maximum Gasteiger partial charge on any atom is 0.337 e. The maximum absolute atomic E-state index is 15.7. The number of carbonyl (C=O) groups excluding carboxylic acids is 1. The molecule has 6 rings (SSSR count). The van der Waals surface area contributed by atoms with Gasteiger partial charge in [0.2, 0.25) is 7.29 Å². The van der Waals surface area contributed by atoms with Gasteiger partial charge in [-0.15, -0.1) is 0 Å². The van der Waals surface area contributed by atoms with Crippen molar-refractivity contribution in [1.29, 1.82) is 0 Å². The van der Waals surface area contributed by atoms with Crippen LogP contribution in [0.15, 0.2) is 170 Å². The monoisotopic (exact) mass is 765 g/mol. The van der Waals surface area contributed by atoms with Crippen molar-refractivity contribution in [2.24, 2.45) is 5.92 Å². The van der Waals surface area contributed by atoms with E-state index >= 15 is 4.57 Å². The van der Waals surface area contributed by atoms with Crippen LogP contribution in [0.5, 0.6) is 0 Å². The van der Waals surface area contributed by atoms with Crippen LogP contribution in [0.25, 0.3) is 5.57 Å². The number of hydrogen-bond acceptors (Lipinski definition) is 6. The van der Waals surface area contributed by atoms with Gasteiger partial charge in [-0.05, 0) is 68.9 Å². The standard InChI is InChI=1S/C46H48N3O4PSi/c1-35(34-53-55(46(2,3)4,40-22-14-8-15-23-40)41-24-16-9-17-25-41)32-42(43-33-47-30-31-48-43)44(36-26-28-37(29-27-36)45(50)52-5)49-54(51,38-18-10-6-11-19-38)39-20-12-7-13-21-39/h6-33,35,44H,34H2,1-5H3,(H,49,51)/b42-32+/t35-,44?/m1/s1. The Morgan fingerprint density at radius 2 is 1.27 bits per heavy atom. The van der Waals surface area contributed by atoms with E-state index in [1.165, 1.54) is 17.5 Å². The molecule has 9 heteroatoms. The number of carbonyl (C=O) groups is 1. The maximum atomic E-state index is 15.7. The second-order valence-electron chi connectivity index (χ2n) is 14.6. The molecular weight excluding hydrogens is 718 g/mol. The van der Waals surface area contributed by atoms with Gasteiger partial charge in [0.15, 0.2) is 0 Å². The van der Waals surface area contributed by atoms with Gasteiger partial charge in [0.25, 0.3) is 8.32 Å². The molecule has 0 aliphatic carbocycles. The van der Waals surface area contributed by atoms with Gasteiger partial charge >= 0.3 is 5.97 Å². The van der Waals surface area contributed by atoms with E-state index in [9.17, 15) is 4.79 Å². The van der Waals surface area contributed by atoms with E-state index in [0.29, 0.717) is 28.5 Å². The smallest absolute Gasteiger partial charge is 0.337 e. The topological polar surface area (TPSA) is 90.4 Å². The Morgan fingerprint density at radius 1 is 0.764 bits per heavy atom. The van der Waals surface area contributed by atoms with Gasteiger partial charge in [0, 0.05) is 29.6 Å². The number of aromatic nitrogens is 2. The van der Waals surface area contributed by atoms with E-state index in [1.807, 2.05) is 84.9 Å². The minimum absolute atomic E-state index is 0.120. The van der Waals surface area contributed by atoms with E-state index in [4.69, 9.17) is 14.1 Å². The molecule has 0 saturated heterocycles. The van der Waals surface area contributed by atoms with Crippen molar-refractivity contribution in [2.75, 3.05) is 13.7 Å². The third kappa shape index (κ3) is 8.69. The molecule has 0 amide bonds. The van der Waals surface area contributed by atoms with E-state index < -0.39 is 27.6 Å². The van der Waals surface area contributed by atoms with Crippen LogP contribution in [0.1, 0.15) is 55.4 Å². The number of hydrogen-bond donors (Lipinski definition) is 1. The first kappa shape index (κ1) is 39.5. The predicted octanol–water partition coefficient (Wildman–Crippen LogP) is 8.12. The zero-order chi connectivity index (χ0) is 38.9. The molecule has 0 bridgehead atoms. The van der Waals surface area contributed by atoms with E-state index in [-0.39, 0.29) is 11.0 Å². The van der Waals surface area contributed by atoms with Crippen molar-refractivity contribution in [1.82, 2.24) is 15.1 Å². The fourth-order valence-electron chi connectivity index (χ4n) is 7.16. The van der Waals surface area contributed by atoms with Crippen LogP contribution in [0.2, 0.25) is 5.04 Å². The molecule has 2 atom stereocenters. The first-order chi connectivity index (χ1) is 26.6. The largest absolute Gasteiger partial charge is 0.465 e. The quantitative estimate of drug-likeness (QED) is 0.0681. The molecule has 55 heavy (non-hydrogen) atoms. The van der Waals surface area contributed by atoms with E-state index in [0.717, 1.165) is 11.1 Å². The zero-order valence-corrected chi connectivity index (χ0v) is 33.9. The highest BCUT2D eigenvalue weighted by molar-refractivity contribution is 7.77. The molecule has 0 fully saturated rings. The van der Waals surface area contributed by atoms with Crippen LogP contribution in [-0.4, -0.2) is 38.0 Å². The summed E-state index contributed by atoms with van der Waals surface area (Å²) in [6, 6.07) is 46.8. The van der Waals surface area contributed by atoms with E-state index in [2.05, 4.69) is 92.4 Å². The number of esters is 1. The fourth-order valence-corrected chi connectivity index (χ4v) is 14.3. The second kappa shape index (κ2) is 17.5. The number of methoxy groups -OCH3 is 1. The van der Waals surface area contributed by atoms with Crippen molar-refractivity contribution in [3.05, 3.63) is 187 Å². The zero-order valence-electron chi connectivity index (χ0n) is 32.0. The van der Waals surface area contributed by atoms with Crippen LogP contribution in [0.3, 0.4) is 0 Å². The van der Waals surface area contributed by atoms with Gasteiger partial charge < -0.3 is 9.16 Å². The number of ether oxygens (including phenoxy) is 1. The van der Waals surface area contributed by atoms with Gasteiger partial charge in [-0.1, -0.05) is 143 Å². The average Bonchev–Trinajstić information content (AvgIpc) is 3.23. The molecule has 0 aliphatic heterocycles. The molecule has 280 valence electrons. The van der Waals surface area contributed by atoms with Gasteiger partial charge in [0.1, 0.15) is 0 Å². The van der Waals surface area contributed by atoms with Crippen molar-refractivity contribution in [3.8, 4) is 0 Å². The molecule has 5 aromatic carbocycles. The first-order valence-electron chi connectivity index (χ1n) is 18.5. The lowest BCUT2D eigenvalue weighted by Crippen LogP contribution is -2.66. The first-order valence-corrected chi connectivity index (χ1v) is 22.1. The van der Waals surface area contributed by atoms with Gasteiger partial charge in [-0.25, -0.2) is 9.88 Å². The minimum Gasteiger partial charge on any atom is -0.465 e. The number of benzene rings is 5. The Bertz CT molecular complexity index is 2130. The lowest BCUT2D eigenvalue weighted by molar-refractivity contribution is 0.0600. The highest BCUT2D eigenvalue weighted by Crippen LogP contribution is 2.45. The Kier molecular flexibility index (Phi) is 12.5. The molecule has 1 aromatic heterocycles. The van der Waals surface area contributed by atoms with Gasteiger partial charge in [-0.3, -0.25) is 14.5 Å². The van der Waals surface area contributed by atoms with Crippen molar-refractivity contribution in [3.63, 3.8) is 0 Å². The number of nitrogens with one attached hydrogen (secondary N) is 1. The summed E-state index contributed by atoms with van der Waals surface area (Å²) in [5.41, 5.74) is 2.61. The summed E-state index contributed by atoms with van der Waals surface area (Å²) in [5, 5.41) is 7.21. The molecule has 1 N–H and O–H groups in total. The SMILES string of the molecule is COC(=O)c1ccc(C(NP(=O)(c2ccccc2)c2ccccc2)/C(=C/[C@@H](C)CO[Si](c2ccccc2)(c2ccccc2)C(C)(C)C)c2cnccn2)cc1. The third-order valence-electron chi connectivity index (χ3n) is 9.83. The molecule has 0 radical (unpaired) electrons. The lowest BCUT2D eigenvalue weighted by atomic mass is 9.93. The van der Waals surface area contributed by atoms with Crippen LogP contribution < -0.4 is 26.1 Å². The van der Waals surface area contributed by atoms with Crippen LogP contribution in [0.4, 0.5) is 0 Å². The number of rotatable bonds is 14. The summed E-state index contributed by atoms with van der Waals surface area (Å²) < 4.78 is 28.0. The van der Waals surface area contributed by atoms with Crippen molar-refractivity contribution in [2.45, 2.75) is 38.8 Å². The van der Waals surface area contributed by atoms with Crippen LogP contribution in [-0.2, 0) is 13.7 Å². The highest BCUT2D eigenvalue weighted by Gasteiger charge is 2.50.